The summed E-state index contributed by atoms with van der Waals surface area (Å²) in [5.41, 5.74) is 1.82. The third kappa shape index (κ3) is 1.52. The summed E-state index contributed by atoms with van der Waals surface area (Å²) in [7, 11) is 0. The van der Waals surface area contributed by atoms with Gasteiger partial charge in [0.05, 0.1) is 10.5 Å². The fraction of sp³-hybridized carbons (Fsp3) is 0.364. The number of H-pyrrole nitrogens is 1. The number of halogens is 1. The Labute approximate surface area is 92.4 Å². The molecule has 2 heterocycles. The summed E-state index contributed by atoms with van der Waals surface area (Å²) in [6.45, 7) is 0.829. The zero-order valence-corrected chi connectivity index (χ0v) is 8.92. The van der Waals surface area contributed by atoms with Gasteiger partial charge < -0.3 is 9.72 Å². The maximum atomic E-state index is 6.05. The van der Waals surface area contributed by atoms with Crippen LogP contribution in [0.3, 0.4) is 0 Å². The highest BCUT2D eigenvalue weighted by Gasteiger charge is 2.21. The summed E-state index contributed by atoms with van der Waals surface area (Å²) < 4.78 is 5.57. The second-order valence-corrected chi connectivity index (χ2v) is 4.17. The van der Waals surface area contributed by atoms with Crippen molar-refractivity contribution in [1.82, 2.24) is 9.97 Å². The van der Waals surface area contributed by atoms with E-state index in [0.717, 1.165) is 36.3 Å². The maximum Gasteiger partial charge on any atom is 0.136 e. The average molecular weight is 223 g/mol. The van der Waals surface area contributed by atoms with Crippen molar-refractivity contribution in [1.29, 1.82) is 0 Å². The molecule has 1 aliphatic heterocycles. The van der Waals surface area contributed by atoms with E-state index < -0.39 is 0 Å². The van der Waals surface area contributed by atoms with Crippen molar-refractivity contribution in [3.8, 4) is 0 Å². The average Bonchev–Trinajstić information content (AvgIpc) is 2.86. The number of ether oxygens (including phenoxy) is 1. The molecule has 0 bridgehead atoms. The van der Waals surface area contributed by atoms with Crippen LogP contribution < -0.4 is 0 Å². The molecule has 0 radical (unpaired) electrons. The molecule has 1 unspecified atom stereocenters. The topological polar surface area (TPSA) is 37.9 Å². The van der Waals surface area contributed by atoms with Gasteiger partial charge in [0.25, 0.3) is 0 Å². The second kappa shape index (κ2) is 3.51. The Morgan fingerprint density at radius 1 is 1.47 bits per heavy atom. The molecule has 1 fully saturated rings. The summed E-state index contributed by atoms with van der Waals surface area (Å²) in [5.74, 6) is 0.899. The van der Waals surface area contributed by atoms with Crippen LogP contribution in [0.5, 0.6) is 0 Å². The van der Waals surface area contributed by atoms with Gasteiger partial charge in [-0.1, -0.05) is 17.7 Å². The lowest BCUT2D eigenvalue weighted by molar-refractivity contribution is 0.106. The summed E-state index contributed by atoms with van der Waals surface area (Å²) in [6, 6.07) is 5.75. The number of para-hydroxylation sites is 1. The highest BCUT2D eigenvalue weighted by atomic mass is 35.5. The molecule has 2 aromatic rings. The lowest BCUT2D eigenvalue weighted by Crippen LogP contribution is -1.97. The monoisotopic (exact) mass is 222 g/mol. The van der Waals surface area contributed by atoms with Crippen LogP contribution >= 0.6 is 11.6 Å². The largest absolute Gasteiger partial charge is 0.370 e. The zero-order chi connectivity index (χ0) is 10.3. The molecule has 1 atom stereocenters. The number of nitrogens with zero attached hydrogens (tertiary/aromatic N) is 1. The van der Waals surface area contributed by atoms with Crippen molar-refractivity contribution in [3.63, 3.8) is 0 Å². The Kier molecular flexibility index (Phi) is 2.15. The van der Waals surface area contributed by atoms with Gasteiger partial charge in [-0.2, -0.15) is 0 Å². The van der Waals surface area contributed by atoms with Gasteiger partial charge in [-0.3, -0.25) is 0 Å². The lowest BCUT2D eigenvalue weighted by atomic mass is 10.2. The molecule has 4 heteroatoms. The highest BCUT2D eigenvalue weighted by Crippen LogP contribution is 2.29. The van der Waals surface area contributed by atoms with Crippen molar-refractivity contribution in [2.45, 2.75) is 18.9 Å². The molecule has 0 saturated carbocycles. The first-order valence-electron chi connectivity index (χ1n) is 5.10. The molecule has 0 amide bonds. The Hall–Kier alpha value is -1.06. The Morgan fingerprint density at radius 3 is 3.13 bits per heavy atom. The number of aromatic amines is 1. The van der Waals surface area contributed by atoms with E-state index in [0.29, 0.717) is 5.02 Å². The summed E-state index contributed by atoms with van der Waals surface area (Å²) in [4.78, 5) is 7.74. The van der Waals surface area contributed by atoms with Crippen molar-refractivity contribution in [2.24, 2.45) is 0 Å². The van der Waals surface area contributed by atoms with Crippen molar-refractivity contribution >= 4 is 22.6 Å². The molecule has 0 spiro atoms. The van der Waals surface area contributed by atoms with Crippen molar-refractivity contribution in [3.05, 3.63) is 29.0 Å². The molecule has 1 saturated heterocycles. The van der Waals surface area contributed by atoms with Crippen molar-refractivity contribution < 1.29 is 4.74 Å². The normalized spacial score (nSPS) is 21.3. The highest BCUT2D eigenvalue weighted by molar-refractivity contribution is 6.34. The second-order valence-electron chi connectivity index (χ2n) is 3.76. The van der Waals surface area contributed by atoms with Crippen LogP contribution in [0.2, 0.25) is 5.02 Å². The Bertz CT molecular complexity index is 488. The quantitative estimate of drug-likeness (QED) is 0.805. The first-order chi connectivity index (χ1) is 7.34. The van der Waals surface area contributed by atoms with Crippen LogP contribution in [0.1, 0.15) is 24.8 Å². The molecule has 3 nitrogen and oxygen atoms in total. The van der Waals surface area contributed by atoms with Crippen LogP contribution in [0.25, 0.3) is 11.0 Å². The van der Waals surface area contributed by atoms with Crippen molar-refractivity contribution in [2.75, 3.05) is 6.61 Å². The molecule has 1 N–H and O–H groups in total. The van der Waals surface area contributed by atoms with E-state index in [2.05, 4.69) is 9.97 Å². The van der Waals surface area contributed by atoms with E-state index in [-0.39, 0.29) is 6.10 Å². The molecule has 3 rings (SSSR count). The fourth-order valence-corrected chi connectivity index (χ4v) is 2.18. The van der Waals surface area contributed by atoms with E-state index in [1.54, 1.807) is 0 Å². The first kappa shape index (κ1) is 9.19. The van der Waals surface area contributed by atoms with Crippen LogP contribution in [-0.2, 0) is 4.74 Å². The number of fused-ring (bicyclic) bond motifs is 1. The van der Waals surface area contributed by atoms with E-state index in [1.807, 2.05) is 18.2 Å². The number of imidazole rings is 1. The van der Waals surface area contributed by atoms with Gasteiger partial charge in [-0.25, -0.2) is 4.98 Å². The molecule has 1 aromatic heterocycles. The van der Waals surface area contributed by atoms with Crippen LogP contribution in [0.4, 0.5) is 0 Å². The third-order valence-corrected chi connectivity index (χ3v) is 3.02. The van der Waals surface area contributed by atoms with E-state index in [9.17, 15) is 0 Å². The molecule has 1 aliphatic rings. The smallest absolute Gasteiger partial charge is 0.136 e. The van der Waals surface area contributed by atoms with Gasteiger partial charge in [0, 0.05) is 6.61 Å². The van der Waals surface area contributed by atoms with Crippen LogP contribution in [0.15, 0.2) is 18.2 Å². The summed E-state index contributed by atoms with van der Waals surface area (Å²) in [6.07, 6.45) is 2.26. The minimum atomic E-state index is 0.119. The van der Waals surface area contributed by atoms with Crippen LogP contribution in [0, 0.1) is 0 Å². The molecule has 1 aromatic carbocycles. The van der Waals surface area contributed by atoms with Gasteiger partial charge in [0.15, 0.2) is 0 Å². The first-order valence-corrected chi connectivity index (χ1v) is 5.48. The van der Waals surface area contributed by atoms with Gasteiger partial charge in [-0.05, 0) is 25.0 Å². The number of nitrogens with one attached hydrogen (secondary N) is 1. The SMILES string of the molecule is Clc1cccc2[nH]c(C3CCCO3)nc12. The molecular formula is C11H11ClN2O. The van der Waals surface area contributed by atoms with Gasteiger partial charge >= 0.3 is 0 Å². The van der Waals surface area contributed by atoms with E-state index in [4.69, 9.17) is 16.3 Å². The molecular weight excluding hydrogens is 212 g/mol. The van der Waals surface area contributed by atoms with Gasteiger partial charge in [0.2, 0.25) is 0 Å². The number of hydrogen-bond acceptors (Lipinski definition) is 2. The number of benzene rings is 1. The third-order valence-electron chi connectivity index (χ3n) is 2.72. The number of rotatable bonds is 1. The lowest BCUT2D eigenvalue weighted by Gasteiger charge is -2.03. The van der Waals surface area contributed by atoms with Gasteiger partial charge in [0.1, 0.15) is 17.4 Å². The maximum absolute atomic E-state index is 6.05. The minimum absolute atomic E-state index is 0.119. The predicted molar refractivity (Wildman–Crippen MR) is 59.0 cm³/mol. The number of hydrogen-bond donors (Lipinski definition) is 1. The zero-order valence-electron chi connectivity index (χ0n) is 8.16. The minimum Gasteiger partial charge on any atom is -0.370 e. The van der Waals surface area contributed by atoms with Gasteiger partial charge in [-0.15, -0.1) is 0 Å². The fourth-order valence-electron chi connectivity index (χ4n) is 1.96. The van der Waals surface area contributed by atoms with Crippen LogP contribution in [-0.4, -0.2) is 16.6 Å². The molecule has 15 heavy (non-hydrogen) atoms. The number of aromatic nitrogens is 2. The molecule has 78 valence electrons. The standard InChI is InChI=1S/C11H11ClN2O/c12-7-3-1-4-8-10(7)14-11(13-8)9-5-2-6-15-9/h1,3-4,9H,2,5-6H2,(H,13,14). The Morgan fingerprint density at radius 2 is 2.40 bits per heavy atom. The predicted octanol–water partition coefficient (Wildman–Crippen LogP) is 3.07. The van der Waals surface area contributed by atoms with E-state index >= 15 is 0 Å². The molecule has 0 aliphatic carbocycles. The van der Waals surface area contributed by atoms with E-state index in [1.165, 1.54) is 0 Å². The summed E-state index contributed by atoms with van der Waals surface area (Å²) >= 11 is 6.05. The Balaban J connectivity index is 2.09. The summed E-state index contributed by atoms with van der Waals surface area (Å²) in [5, 5.41) is 0.688.